The van der Waals surface area contributed by atoms with E-state index in [4.69, 9.17) is 4.74 Å². The number of esters is 1. The zero-order valence-electron chi connectivity index (χ0n) is 19.9. The van der Waals surface area contributed by atoms with E-state index in [1.54, 1.807) is 0 Å². The van der Waals surface area contributed by atoms with Crippen LogP contribution in [0.1, 0.15) is 66.6 Å². The third kappa shape index (κ3) is 4.60. The molecule has 2 aromatic rings. The molecule has 1 aromatic heterocycles. The molecule has 4 fully saturated rings. The van der Waals surface area contributed by atoms with Crippen LogP contribution in [0.3, 0.4) is 0 Å². The van der Waals surface area contributed by atoms with Gasteiger partial charge in [0.05, 0.1) is 19.6 Å². The molecule has 1 saturated carbocycles. The molecule has 6 rings (SSSR count). The van der Waals surface area contributed by atoms with Gasteiger partial charge in [0.1, 0.15) is 6.54 Å². The highest BCUT2D eigenvalue weighted by Gasteiger charge is 2.53. The Morgan fingerprint density at radius 2 is 1.76 bits per heavy atom. The topological polar surface area (TPSA) is 63.6 Å². The number of nitrogens with zero attached hydrogens (tertiary/aromatic N) is 1. The molecule has 5 nitrogen and oxygen atoms in total. The first-order valence-electron chi connectivity index (χ1n) is 12.9. The summed E-state index contributed by atoms with van der Waals surface area (Å²) in [7, 11) is 0. The van der Waals surface area contributed by atoms with E-state index in [1.807, 2.05) is 47.8 Å². The molecule has 1 aliphatic carbocycles. The Kier molecular flexibility index (Phi) is 6.92. The SMILES string of the molecule is O=C(CCC[N+]12CCC(CC1)[C@@H](OC(=O)[C@](O)(c1cccs1)C1CCCC1)C2)c1ccccc1. The maximum Gasteiger partial charge on any atom is 0.344 e. The van der Waals surface area contributed by atoms with Gasteiger partial charge in [0.15, 0.2) is 17.5 Å². The van der Waals surface area contributed by atoms with Crippen LogP contribution in [0.5, 0.6) is 0 Å². The average Bonchev–Trinajstić information content (AvgIpc) is 3.60. The van der Waals surface area contributed by atoms with Crippen molar-refractivity contribution >= 4 is 23.1 Å². The summed E-state index contributed by atoms with van der Waals surface area (Å²) >= 11 is 1.45. The Labute approximate surface area is 206 Å². The van der Waals surface area contributed by atoms with Gasteiger partial charge in [0.25, 0.3) is 0 Å². The number of quaternary nitrogens is 1. The fraction of sp³-hybridized carbons (Fsp3) is 0.571. The van der Waals surface area contributed by atoms with Gasteiger partial charge < -0.3 is 14.3 Å². The van der Waals surface area contributed by atoms with Crippen LogP contribution >= 0.6 is 11.3 Å². The molecular formula is C28H36NO4S+. The van der Waals surface area contributed by atoms with Gasteiger partial charge in [-0.2, -0.15) is 0 Å². The third-order valence-corrected chi connectivity index (χ3v) is 9.58. The molecule has 1 N–H and O–H groups in total. The summed E-state index contributed by atoms with van der Waals surface area (Å²) in [6.45, 7) is 3.93. The molecule has 0 spiro atoms. The quantitative estimate of drug-likeness (QED) is 0.312. The second-order valence-corrected chi connectivity index (χ2v) is 11.5. The lowest BCUT2D eigenvalue weighted by atomic mass is 9.81. The Morgan fingerprint density at radius 3 is 2.44 bits per heavy atom. The summed E-state index contributed by atoms with van der Waals surface area (Å²) in [5.41, 5.74) is -0.740. The van der Waals surface area contributed by atoms with Crippen LogP contribution < -0.4 is 0 Å². The fourth-order valence-corrected chi connectivity index (χ4v) is 7.44. The summed E-state index contributed by atoms with van der Waals surface area (Å²) < 4.78 is 7.11. The standard InChI is InChI=1S/C28H36NO4S/c30-24(21-8-2-1-3-9-21)12-6-16-29-17-14-22(15-18-29)25(20-29)33-27(31)28(32,23-10-4-5-11-23)26-13-7-19-34-26/h1-3,7-9,13,19,22-23,25,32H,4-6,10-12,14-18,20H2/q+1/t22?,25-,28+,29?/m0/s1. The lowest BCUT2D eigenvalue weighted by Crippen LogP contribution is -2.65. The molecule has 6 heteroatoms. The van der Waals surface area contributed by atoms with Gasteiger partial charge in [0.2, 0.25) is 0 Å². The van der Waals surface area contributed by atoms with Crippen LogP contribution in [-0.4, -0.2) is 53.6 Å². The lowest BCUT2D eigenvalue weighted by Gasteiger charge is -2.52. The number of ether oxygens (including phenoxy) is 1. The van der Waals surface area contributed by atoms with E-state index in [-0.39, 0.29) is 17.8 Å². The largest absolute Gasteiger partial charge is 0.454 e. The molecule has 34 heavy (non-hydrogen) atoms. The maximum atomic E-state index is 13.5. The van der Waals surface area contributed by atoms with E-state index in [1.165, 1.54) is 11.3 Å². The Morgan fingerprint density at radius 1 is 1.03 bits per heavy atom. The Balaban J connectivity index is 1.23. The summed E-state index contributed by atoms with van der Waals surface area (Å²) in [5, 5.41) is 13.6. The molecule has 0 unspecified atom stereocenters. The van der Waals surface area contributed by atoms with Crippen molar-refractivity contribution in [1.82, 2.24) is 0 Å². The number of hydrogen-bond acceptors (Lipinski definition) is 5. The summed E-state index contributed by atoms with van der Waals surface area (Å²) in [4.78, 5) is 26.8. The molecule has 3 aliphatic heterocycles. The third-order valence-electron chi connectivity index (χ3n) is 8.59. The number of ketones is 1. The second kappa shape index (κ2) is 9.92. The van der Waals surface area contributed by atoms with Crippen molar-refractivity contribution in [3.63, 3.8) is 0 Å². The highest BCUT2D eigenvalue weighted by atomic mass is 32.1. The van der Waals surface area contributed by atoms with Gasteiger partial charge in [-0.3, -0.25) is 4.79 Å². The van der Waals surface area contributed by atoms with E-state index in [9.17, 15) is 14.7 Å². The number of carbonyl (C=O) groups is 2. The van der Waals surface area contributed by atoms with Crippen molar-refractivity contribution in [3.8, 4) is 0 Å². The van der Waals surface area contributed by atoms with E-state index < -0.39 is 11.6 Å². The van der Waals surface area contributed by atoms with Crippen LogP contribution in [0, 0.1) is 11.8 Å². The number of benzene rings is 1. The Bertz CT molecular complexity index is 977. The van der Waals surface area contributed by atoms with Crippen LogP contribution in [0.25, 0.3) is 0 Å². The molecule has 2 atom stereocenters. The minimum absolute atomic E-state index is 0.0631. The molecule has 182 valence electrons. The predicted octanol–water partition coefficient (Wildman–Crippen LogP) is 4.94. The molecular weight excluding hydrogens is 446 g/mol. The number of rotatable bonds is 9. The first kappa shape index (κ1) is 23.7. The van der Waals surface area contributed by atoms with Crippen LogP contribution in [0.2, 0.25) is 0 Å². The number of hydrogen-bond donors (Lipinski definition) is 1. The minimum Gasteiger partial charge on any atom is -0.454 e. The van der Waals surface area contributed by atoms with Crippen molar-refractivity contribution in [1.29, 1.82) is 0 Å². The Hall–Kier alpha value is -2.02. The number of aliphatic hydroxyl groups is 1. The zero-order chi connectivity index (χ0) is 23.6. The number of carbonyl (C=O) groups excluding carboxylic acids is 2. The predicted molar refractivity (Wildman–Crippen MR) is 133 cm³/mol. The van der Waals surface area contributed by atoms with Crippen LogP contribution in [0.4, 0.5) is 0 Å². The van der Waals surface area contributed by atoms with Gasteiger partial charge in [-0.05, 0) is 24.3 Å². The van der Waals surface area contributed by atoms with Crippen molar-refractivity contribution < 1.29 is 23.9 Å². The van der Waals surface area contributed by atoms with Gasteiger partial charge >= 0.3 is 5.97 Å². The lowest BCUT2D eigenvalue weighted by molar-refractivity contribution is -0.946. The van der Waals surface area contributed by atoms with Crippen molar-refractivity contribution in [2.24, 2.45) is 11.8 Å². The van der Waals surface area contributed by atoms with E-state index in [2.05, 4.69) is 0 Å². The second-order valence-electron chi connectivity index (χ2n) is 10.6. The van der Waals surface area contributed by atoms with E-state index in [0.717, 1.165) is 81.2 Å². The number of thiophene rings is 1. The molecule has 3 saturated heterocycles. The molecule has 4 aliphatic rings. The van der Waals surface area contributed by atoms with Gasteiger partial charge in [-0.1, -0.05) is 49.2 Å². The van der Waals surface area contributed by atoms with Gasteiger partial charge in [-0.25, -0.2) is 4.79 Å². The van der Waals surface area contributed by atoms with E-state index in [0.29, 0.717) is 17.2 Å². The molecule has 0 amide bonds. The number of fused-ring (bicyclic) bond motifs is 3. The monoisotopic (exact) mass is 482 g/mol. The van der Waals surface area contributed by atoms with Crippen LogP contribution in [-0.2, 0) is 15.1 Å². The van der Waals surface area contributed by atoms with Crippen molar-refractivity contribution in [2.45, 2.75) is 63.1 Å². The maximum absolute atomic E-state index is 13.5. The van der Waals surface area contributed by atoms with E-state index >= 15 is 0 Å². The summed E-state index contributed by atoms with van der Waals surface area (Å²) in [6, 6.07) is 13.3. The number of Topliss-reactive ketones (excluding diaryl/α,β-unsaturated/α-hetero) is 1. The smallest absolute Gasteiger partial charge is 0.344 e. The molecule has 1 aromatic carbocycles. The van der Waals surface area contributed by atoms with Gasteiger partial charge in [-0.15, -0.1) is 11.3 Å². The normalized spacial score (nSPS) is 28.5. The fourth-order valence-electron chi connectivity index (χ4n) is 6.55. The summed E-state index contributed by atoms with van der Waals surface area (Å²) in [5.74, 6) is 0.0715. The van der Waals surface area contributed by atoms with Crippen molar-refractivity contribution in [2.75, 3.05) is 26.2 Å². The first-order chi connectivity index (χ1) is 16.5. The molecule has 0 radical (unpaired) electrons. The minimum atomic E-state index is -1.52. The first-order valence-corrected chi connectivity index (χ1v) is 13.8. The highest BCUT2D eigenvalue weighted by Crippen LogP contribution is 2.44. The summed E-state index contributed by atoms with van der Waals surface area (Å²) in [6.07, 6.45) is 7.20. The molecule has 2 bridgehead atoms. The zero-order valence-corrected chi connectivity index (χ0v) is 20.7. The average molecular weight is 483 g/mol. The molecule has 4 heterocycles. The van der Waals surface area contributed by atoms with Crippen LogP contribution in [0.15, 0.2) is 47.8 Å². The van der Waals surface area contributed by atoms with Crippen molar-refractivity contribution in [3.05, 3.63) is 58.3 Å². The number of piperidine rings is 3. The highest BCUT2D eigenvalue weighted by molar-refractivity contribution is 7.10. The van der Waals surface area contributed by atoms with Gasteiger partial charge in [0, 0.05) is 48.0 Å².